The fourth-order valence-corrected chi connectivity index (χ4v) is 3.83. The highest BCUT2D eigenvalue weighted by Crippen LogP contribution is 2.30. The SMILES string of the molecule is Cc1cc(C(C)NC(=O)c2cc(Cn3ccn(C)c3=NC(=O)O)cc(OCC3CC3)c2)ccc1F. The Morgan fingerprint density at radius 2 is 2.00 bits per heavy atom. The van der Waals surface area contributed by atoms with Crippen molar-refractivity contribution < 1.29 is 23.8 Å². The highest BCUT2D eigenvalue weighted by molar-refractivity contribution is 5.95. The van der Waals surface area contributed by atoms with Gasteiger partial charge in [-0.15, -0.1) is 4.99 Å². The standard InChI is InChI=1S/C26H29FN4O4/c1-16-10-20(6-7-23(16)27)17(2)28-24(32)21-11-19(12-22(13-21)35-15-18-4-5-18)14-31-9-8-30(3)25(31)29-26(33)34/h6-13,17-18H,4-5,14-15H2,1-3H3,(H,28,32)(H,33,34). The van der Waals surface area contributed by atoms with Gasteiger partial charge in [-0.2, -0.15) is 0 Å². The number of rotatable bonds is 8. The summed E-state index contributed by atoms with van der Waals surface area (Å²) < 4.78 is 22.9. The molecule has 1 atom stereocenters. The lowest BCUT2D eigenvalue weighted by Gasteiger charge is -2.17. The predicted octanol–water partition coefficient (Wildman–Crippen LogP) is 4.18. The van der Waals surface area contributed by atoms with Gasteiger partial charge in [-0.25, -0.2) is 9.18 Å². The molecule has 1 heterocycles. The maximum Gasteiger partial charge on any atom is 0.434 e. The number of hydrogen-bond donors (Lipinski definition) is 2. The van der Waals surface area contributed by atoms with Crippen LogP contribution in [0.3, 0.4) is 0 Å². The van der Waals surface area contributed by atoms with E-state index in [-0.39, 0.29) is 23.4 Å². The van der Waals surface area contributed by atoms with Crippen LogP contribution in [-0.2, 0) is 13.6 Å². The molecule has 0 spiro atoms. The van der Waals surface area contributed by atoms with Crippen molar-refractivity contribution in [3.63, 3.8) is 0 Å². The number of amides is 2. The number of carbonyl (C=O) groups excluding carboxylic acids is 1. The molecule has 8 nitrogen and oxygen atoms in total. The molecule has 1 fully saturated rings. The molecule has 0 bridgehead atoms. The third-order valence-corrected chi connectivity index (χ3v) is 6.03. The van der Waals surface area contributed by atoms with Crippen molar-refractivity contribution >= 4 is 12.0 Å². The number of ether oxygens (including phenoxy) is 1. The van der Waals surface area contributed by atoms with Crippen LogP contribution in [0, 0.1) is 18.7 Å². The highest BCUT2D eigenvalue weighted by Gasteiger charge is 2.22. The van der Waals surface area contributed by atoms with Gasteiger partial charge in [0.1, 0.15) is 11.6 Å². The minimum absolute atomic E-state index is 0.271. The number of nitrogens with one attached hydrogen (secondary N) is 1. The van der Waals surface area contributed by atoms with Crippen LogP contribution in [0.1, 0.15) is 52.9 Å². The molecule has 0 saturated heterocycles. The topological polar surface area (TPSA) is 97.9 Å². The highest BCUT2D eigenvalue weighted by atomic mass is 19.1. The molecular formula is C26H29FN4O4. The van der Waals surface area contributed by atoms with Crippen LogP contribution >= 0.6 is 0 Å². The molecule has 1 saturated carbocycles. The van der Waals surface area contributed by atoms with Gasteiger partial charge in [0, 0.05) is 25.0 Å². The van der Waals surface area contributed by atoms with Crippen molar-refractivity contribution in [3.8, 4) is 5.75 Å². The normalized spacial score (nSPS) is 14.6. The Hall–Kier alpha value is -3.88. The molecule has 184 valence electrons. The number of imidazole rings is 1. The Morgan fingerprint density at radius 1 is 1.23 bits per heavy atom. The number of benzene rings is 2. The molecule has 0 radical (unpaired) electrons. The van der Waals surface area contributed by atoms with Crippen LogP contribution in [0.25, 0.3) is 0 Å². The molecule has 1 aliphatic rings. The zero-order chi connectivity index (χ0) is 25.1. The lowest BCUT2D eigenvalue weighted by molar-refractivity contribution is 0.0939. The van der Waals surface area contributed by atoms with Crippen molar-refractivity contribution in [3.05, 3.63) is 82.5 Å². The van der Waals surface area contributed by atoms with Gasteiger partial charge in [0.15, 0.2) is 0 Å². The first kappa shape index (κ1) is 24.3. The third kappa shape index (κ3) is 6.17. The van der Waals surface area contributed by atoms with Crippen molar-refractivity contribution in [2.45, 2.75) is 39.3 Å². The summed E-state index contributed by atoms with van der Waals surface area (Å²) in [5.74, 6) is 0.552. The van der Waals surface area contributed by atoms with E-state index in [4.69, 9.17) is 9.84 Å². The van der Waals surface area contributed by atoms with Crippen molar-refractivity contribution in [1.82, 2.24) is 14.5 Å². The molecule has 0 aliphatic heterocycles. The minimum atomic E-state index is -1.29. The van der Waals surface area contributed by atoms with Crippen LogP contribution in [0.5, 0.6) is 5.75 Å². The van der Waals surface area contributed by atoms with E-state index in [2.05, 4.69) is 10.3 Å². The van der Waals surface area contributed by atoms with Crippen LogP contribution in [0.15, 0.2) is 53.8 Å². The van der Waals surface area contributed by atoms with E-state index in [0.717, 1.165) is 24.0 Å². The van der Waals surface area contributed by atoms with Gasteiger partial charge in [-0.1, -0.05) is 12.1 Å². The summed E-state index contributed by atoms with van der Waals surface area (Å²) in [4.78, 5) is 28.0. The van der Waals surface area contributed by atoms with Gasteiger partial charge in [-0.05, 0) is 73.6 Å². The zero-order valence-electron chi connectivity index (χ0n) is 20.0. The van der Waals surface area contributed by atoms with Gasteiger partial charge >= 0.3 is 6.09 Å². The Bertz CT molecular complexity index is 1320. The summed E-state index contributed by atoms with van der Waals surface area (Å²) in [6.07, 6.45) is 4.45. The fourth-order valence-electron chi connectivity index (χ4n) is 3.83. The van der Waals surface area contributed by atoms with Crippen LogP contribution < -0.4 is 15.7 Å². The quantitative estimate of drug-likeness (QED) is 0.505. The number of halogens is 1. The largest absolute Gasteiger partial charge is 0.493 e. The van der Waals surface area contributed by atoms with E-state index < -0.39 is 6.09 Å². The van der Waals surface area contributed by atoms with Crippen molar-refractivity contribution in [2.24, 2.45) is 18.0 Å². The van der Waals surface area contributed by atoms with Crippen LogP contribution in [0.4, 0.5) is 9.18 Å². The molecule has 2 aromatic carbocycles. The van der Waals surface area contributed by atoms with E-state index in [1.54, 1.807) is 59.8 Å². The average molecular weight is 481 g/mol. The third-order valence-electron chi connectivity index (χ3n) is 6.03. The molecule has 9 heteroatoms. The number of aryl methyl sites for hydroxylation is 2. The monoisotopic (exact) mass is 480 g/mol. The summed E-state index contributed by atoms with van der Waals surface area (Å²) in [6, 6.07) is 9.78. The molecule has 1 aliphatic carbocycles. The molecule has 3 aromatic rings. The molecule has 1 unspecified atom stereocenters. The van der Waals surface area contributed by atoms with E-state index in [1.165, 1.54) is 6.07 Å². The number of aromatic nitrogens is 2. The molecule has 35 heavy (non-hydrogen) atoms. The van der Waals surface area contributed by atoms with E-state index >= 15 is 0 Å². The summed E-state index contributed by atoms with van der Waals surface area (Å²) in [5, 5.41) is 12.1. The second kappa shape index (κ2) is 10.2. The smallest absolute Gasteiger partial charge is 0.434 e. The molecule has 2 amide bonds. The second-order valence-corrected chi connectivity index (χ2v) is 9.06. The summed E-state index contributed by atoms with van der Waals surface area (Å²) in [5.41, 5.74) is 2.79. The van der Waals surface area contributed by atoms with Gasteiger partial charge in [-0.3, -0.25) is 4.79 Å². The fraction of sp³-hybridized carbons (Fsp3) is 0.346. The maximum absolute atomic E-state index is 13.6. The number of carbonyl (C=O) groups is 2. The Labute approximate surface area is 202 Å². The lowest BCUT2D eigenvalue weighted by atomic mass is 10.0. The first-order valence-corrected chi connectivity index (χ1v) is 11.5. The van der Waals surface area contributed by atoms with Crippen LogP contribution in [-0.4, -0.2) is 32.8 Å². The van der Waals surface area contributed by atoms with E-state index in [1.807, 2.05) is 13.0 Å². The molecule has 2 N–H and O–H groups in total. The average Bonchev–Trinajstić information content (AvgIpc) is 3.59. The number of carboxylic acid groups (broad SMARTS) is 1. The number of hydrogen-bond acceptors (Lipinski definition) is 3. The first-order chi connectivity index (χ1) is 16.7. The Balaban J connectivity index is 1.60. The summed E-state index contributed by atoms with van der Waals surface area (Å²) in [6.45, 7) is 4.43. The Morgan fingerprint density at radius 3 is 2.69 bits per heavy atom. The van der Waals surface area contributed by atoms with Crippen molar-refractivity contribution in [1.29, 1.82) is 0 Å². The maximum atomic E-state index is 13.6. The second-order valence-electron chi connectivity index (χ2n) is 9.06. The van der Waals surface area contributed by atoms with E-state index in [0.29, 0.717) is 35.9 Å². The van der Waals surface area contributed by atoms with Gasteiger partial charge < -0.3 is 24.3 Å². The lowest BCUT2D eigenvalue weighted by Crippen LogP contribution is -2.27. The van der Waals surface area contributed by atoms with E-state index in [9.17, 15) is 14.0 Å². The molecular weight excluding hydrogens is 451 g/mol. The minimum Gasteiger partial charge on any atom is -0.493 e. The summed E-state index contributed by atoms with van der Waals surface area (Å²) in [7, 11) is 1.71. The molecule has 1 aromatic heterocycles. The Kier molecular flexibility index (Phi) is 7.04. The van der Waals surface area contributed by atoms with Gasteiger partial charge in [0.2, 0.25) is 5.62 Å². The molecule has 4 rings (SSSR count). The number of nitrogens with zero attached hydrogens (tertiary/aromatic N) is 3. The first-order valence-electron chi connectivity index (χ1n) is 11.5. The van der Waals surface area contributed by atoms with Crippen LogP contribution in [0.2, 0.25) is 0 Å². The zero-order valence-corrected chi connectivity index (χ0v) is 20.0. The summed E-state index contributed by atoms with van der Waals surface area (Å²) >= 11 is 0. The van der Waals surface area contributed by atoms with Crippen molar-refractivity contribution in [2.75, 3.05) is 6.61 Å². The predicted molar refractivity (Wildman–Crippen MR) is 128 cm³/mol. The van der Waals surface area contributed by atoms with Gasteiger partial charge in [0.05, 0.1) is 19.2 Å². The van der Waals surface area contributed by atoms with Gasteiger partial charge in [0.25, 0.3) is 5.91 Å².